The van der Waals surface area contributed by atoms with E-state index in [0.29, 0.717) is 31.2 Å². The summed E-state index contributed by atoms with van der Waals surface area (Å²) >= 11 is 8.16. The number of carbonyl (C=O) groups excluding carboxylic acids is 1. The van der Waals surface area contributed by atoms with E-state index in [9.17, 15) is 4.79 Å². The molecule has 0 unspecified atom stereocenters. The third kappa shape index (κ3) is 4.67. The van der Waals surface area contributed by atoms with Gasteiger partial charge in [0.05, 0.1) is 15.4 Å². The number of carbonyl (C=O) groups is 1. The smallest absolute Gasteiger partial charge is 0.253 e. The van der Waals surface area contributed by atoms with Gasteiger partial charge in [-0.15, -0.1) is 0 Å². The summed E-state index contributed by atoms with van der Waals surface area (Å²) < 4.78 is 1.06. The summed E-state index contributed by atoms with van der Waals surface area (Å²) in [6.07, 6.45) is 0.889. The van der Waals surface area contributed by atoms with Crippen LogP contribution in [0.3, 0.4) is 0 Å². The molecule has 2 aromatic carbocycles. The van der Waals surface area contributed by atoms with Crippen molar-refractivity contribution in [3.8, 4) is 0 Å². The number of rotatable bonds is 5. The van der Waals surface area contributed by atoms with Gasteiger partial charge in [0, 0.05) is 37.5 Å². The van der Waals surface area contributed by atoms with Gasteiger partial charge in [-0.1, -0.05) is 47.6 Å². The maximum atomic E-state index is 12.8. The lowest BCUT2D eigenvalue weighted by Crippen LogP contribution is -2.49. The fourth-order valence-electron chi connectivity index (χ4n) is 3.54. The molecule has 8 heteroatoms. The minimum Gasteiger partial charge on any atom is -0.365 e. The van der Waals surface area contributed by atoms with Gasteiger partial charge in [0.25, 0.3) is 5.91 Å². The molecule has 1 aromatic heterocycles. The Morgan fingerprint density at radius 3 is 2.55 bits per heavy atom. The third-order valence-electron chi connectivity index (χ3n) is 5.52. The number of nitrogens with zero attached hydrogens (tertiary/aromatic N) is 4. The summed E-state index contributed by atoms with van der Waals surface area (Å²) in [6.45, 7) is 8.80. The molecular formula is C23H26ClN5OS. The predicted octanol–water partition coefficient (Wildman–Crippen LogP) is 5.42. The van der Waals surface area contributed by atoms with E-state index in [4.69, 9.17) is 16.6 Å². The van der Waals surface area contributed by atoms with Gasteiger partial charge in [-0.2, -0.15) is 5.10 Å². The summed E-state index contributed by atoms with van der Waals surface area (Å²) in [7, 11) is 0. The molecule has 1 saturated heterocycles. The highest BCUT2D eigenvalue weighted by Crippen LogP contribution is 2.38. The molecule has 1 N–H and O–H groups in total. The van der Waals surface area contributed by atoms with Crippen molar-refractivity contribution in [2.24, 2.45) is 5.10 Å². The fraction of sp³-hybridized carbons (Fsp3) is 0.348. The Kier molecular flexibility index (Phi) is 6.43. The minimum absolute atomic E-state index is 0.0771. The van der Waals surface area contributed by atoms with Crippen LogP contribution < -0.4 is 10.3 Å². The lowest BCUT2D eigenvalue weighted by Gasteiger charge is -2.36. The number of hydrazone groups is 1. The second kappa shape index (κ2) is 9.24. The van der Waals surface area contributed by atoms with Crippen LogP contribution in [0.4, 0.5) is 10.8 Å². The Morgan fingerprint density at radius 1 is 1.16 bits per heavy atom. The zero-order valence-corrected chi connectivity index (χ0v) is 19.6. The minimum atomic E-state index is 0.0771. The number of aryl methyl sites for hydroxylation is 1. The number of amides is 1. The van der Waals surface area contributed by atoms with E-state index in [2.05, 4.69) is 22.4 Å². The molecule has 1 fully saturated rings. The lowest BCUT2D eigenvalue weighted by atomic mass is 10.1. The Hall–Kier alpha value is -2.64. The summed E-state index contributed by atoms with van der Waals surface area (Å²) in [6, 6.07) is 11.7. The Balaban J connectivity index is 1.51. The first kappa shape index (κ1) is 21.6. The van der Waals surface area contributed by atoms with E-state index in [0.717, 1.165) is 44.3 Å². The number of piperazine rings is 1. The zero-order chi connectivity index (χ0) is 22.0. The maximum Gasteiger partial charge on any atom is 0.253 e. The van der Waals surface area contributed by atoms with Crippen molar-refractivity contribution in [2.45, 2.75) is 27.2 Å². The van der Waals surface area contributed by atoms with Crippen LogP contribution in [0.15, 0.2) is 41.5 Å². The SMILES string of the molecule is CC/C(C)=N\Nc1nc2c(N3CCN(C(=O)c4ccc(C)cc4)CC3)c(Cl)ccc2s1. The molecule has 2 heterocycles. The first-order chi connectivity index (χ1) is 15.0. The number of nitrogens with one attached hydrogen (secondary N) is 1. The third-order valence-corrected chi connectivity index (χ3v) is 6.75. The maximum absolute atomic E-state index is 12.8. The summed E-state index contributed by atoms with van der Waals surface area (Å²) in [4.78, 5) is 21.7. The van der Waals surface area contributed by atoms with Gasteiger partial charge >= 0.3 is 0 Å². The number of hydrogen-bond acceptors (Lipinski definition) is 6. The second-order valence-corrected chi connectivity index (χ2v) is 9.16. The molecule has 0 radical (unpaired) electrons. The lowest BCUT2D eigenvalue weighted by molar-refractivity contribution is 0.0747. The normalized spacial score (nSPS) is 14.9. The Labute approximate surface area is 191 Å². The highest BCUT2D eigenvalue weighted by atomic mass is 35.5. The summed E-state index contributed by atoms with van der Waals surface area (Å²) in [5.74, 6) is 0.0771. The van der Waals surface area contributed by atoms with Crippen LogP contribution in [-0.2, 0) is 0 Å². The molecule has 6 nitrogen and oxygen atoms in total. The van der Waals surface area contributed by atoms with Gasteiger partial charge in [0.2, 0.25) is 5.13 Å². The van der Waals surface area contributed by atoms with E-state index in [1.807, 2.05) is 55.1 Å². The second-order valence-electron chi connectivity index (χ2n) is 7.72. The molecule has 1 aliphatic rings. The number of benzene rings is 2. The monoisotopic (exact) mass is 455 g/mol. The highest BCUT2D eigenvalue weighted by molar-refractivity contribution is 7.22. The average molecular weight is 456 g/mol. The van der Waals surface area contributed by atoms with Crippen molar-refractivity contribution in [2.75, 3.05) is 36.5 Å². The number of aromatic nitrogens is 1. The van der Waals surface area contributed by atoms with Crippen molar-refractivity contribution < 1.29 is 4.79 Å². The quantitative estimate of drug-likeness (QED) is 0.412. The van der Waals surface area contributed by atoms with Gasteiger partial charge in [-0.3, -0.25) is 10.2 Å². The highest BCUT2D eigenvalue weighted by Gasteiger charge is 2.25. The standard InChI is InChI=1S/C23H26ClN5OS/c1-4-16(3)26-27-23-25-20-19(31-23)10-9-18(24)21(20)28-11-13-29(14-12-28)22(30)17-7-5-15(2)6-8-17/h5-10H,4,11-14H2,1-3H3,(H,25,27)/b26-16-. The summed E-state index contributed by atoms with van der Waals surface area (Å²) in [5.41, 5.74) is 7.77. The molecule has 0 atom stereocenters. The fourth-order valence-corrected chi connectivity index (χ4v) is 4.62. The Bertz CT molecular complexity index is 1120. The molecule has 3 aromatic rings. The predicted molar refractivity (Wildman–Crippen MR) is 131 cm³/mol. The molecule has 1 amide bonds. The van der Waals surface area contributed by atoms with E-state index in [1.165, 1.54) is 0 Å². The largest absolute Gasteiger partial charge is 0.365 e. The molecule has 0 saturated carbocycles. The van der Waals surface area contributed by atoms with E-state index < -0.39 is 0 Å². The molecule has 31 heavy (non-hydrogen) atoms. The van der Waals surface area contributed by atoms with Gasteiger partial charge < -0.3 is 9.80 Å². The van der Waals surface area contributed by atoms with E-state index in [1.54, 1.807) is 11.3 Å². The van der Waals surface area contributed by atoms with Gasteiger partial charge in [-0.05, 0) is 44.5 Å². The van der Waals surface area contributed by atoms with Crippen molar-refractivity contribution in [3.63, 3.8) is 0 Å². The summed E-state index contributed by atoms with van der Waals surface area (Å²) in [5, 5.41) is 5.79. The van der Waals surface area contributed by atoms with Gasteiger partial charge in [-0.25, -0.2) is 4.98 Å². The van der Waals surface area contributed by atoms with Crippen LogP contribution >= 0.6 is 22.9 Å². The molecule has 162 valence electrons. The van der Waals surface area contributed by atoms with Crippen molar-refractivity contribution in [1.82, 2.24) is 9.88 Å². The topological polar surface area (TPSA) is 60.8 Å². The number of thiazole rings is 1. The van der Waals surface area contributed by atoms with Crippen molar-refractivity contribution in [1.29, 1.82) is 0 Å². The number of anilines is 2. The van der Waals surface area contributed by atoms with E-state index >= 15 is 0 Å². The van der Waals surface area contributed by atoms with E-state index in [-0.39, 0.29) is 5.91 Å². The molecule has 0 bridgehead atoms. The van der Waals surface area contributed by atoms with Crippen LogP contribution in [0.25, 0.3) is 10.2 Å². The van der Waals surface area contributed by atoms with Gasteiger partial charge in [0.1, 0.15) is 5.52 Å². The average Bonchev–Trinajstić information content (AvgIpc) is 3.20. The van der Waals surface area contributed by atoms with Crippen LogP contribution in [-0.4, -0.2) is 47.7 Å². The Morgan fingerprint density at radius 2 is 1.87 bits per heavy atom. The number of fused-ring (bicyclic) bond motifs is 1. The molecule has 1 aliphatic heterocycles. The van der Waals surface area contributed by atoms with Gasteiger partial charge in [0.15, 0.2) is 0 Å². The zero-order valence-electron chi connectivity index (χ0n) is 18.0. The molecule has 4 rings (SSSR count). The molecular weight excluding hydrogens is 430 g/mol. The van der Waals surface area contributed by atoms with Crippen LogP contribution in [0.5, 0.6) is 0 Å². The first-order valence-corrected chi connectivity index (χ1v) is 11.6. The number of halogens is 1. The number of hydrogen-bond donors (Lipinski definition) is 1. The van der Waals surface area contributed by atoms with Crippen LogP contribution in [0.1, 0.15) is 36.2 Å². The van der Waals surface area contributed by atoms with Crippen LogP contribution in [0.2, 0.25) is 5.02 Å². The molecule has 0 spiro atoms. The first-order valence-electron chi connectivity index (χ1n) is 10.5. The van der Waals surface area contributed by atoms with Crippen molar-refractivity contribution in [3.05, 3.63) is 52.5 Å². The van der Waals surface area contributed by atoms with Crippen LogP contribution in [0, 0.1) is 6.92 Å². The van der Waals surface area contributed by atoms with Crippen molar-refractivity contribution >= 4 is 55.6 Å². The molecule has 0 aliphatic carbocycles.